The van der Waals surface area contributed by atoms with Gasteiger partial charge in [-0.3, -0.25) is 4.79 Å². The molecular weight excluding hydrogens is 268 g/mol. The summed E-state index contributed by atoms with van der Waals surface area (Å²) in [5.74, 6) is 0.776. The number of nitrogens with one attached hydrogen (secondary N) is 1. The van der Waals surface area contributed by atoms with Crippen LogP contribution in [0.2, 0.25) is 0 Å². The fourth-order valence-electron chi connectivity index (χ4n) is 1.25. The fraction of sp³-hybridized carbons (Fsp3) is 0.727. The van der Waals surface area contributed by atoms with Crippen LogP contribution in [0.1, 0.15) is 12.3 Å². The molecule has 0 saturated carbocycles. The molecule has 108 valence electrons. The molecule has 0 aromatic carbocycles. The number of aromatic nitrogens is 2. The van der Waals surface area contributed by atoms with Crippen LogP contribution in [0.25, 0.3) is 0 Å². The van der Waals surface area contributed by atoms with Crippen molar-refractivity contribution in [3.05, 3.63) is 5.89 Å². The molecule has 0 aliphatic carbocycles. The molecule has 1 aromatic rings. The zero-order valence-electron chi connectivity index (χ0n) is 11.5. The molecule has 0 unspecified atom stereocenters. The van der Waals surface area contributed by atoms with E-state index in [1.165, 1.54) is 11.8 Å². The number of rotatable bonds is 9. The van der Waals surface area contributed by atoms with E-state index in [1.54, 1.807) is 7.11 Å². The third kappa shape index (κ3) is 7.14. The Morgan fingerprint density at radius 1 is 1.47 bits per heavy atom. The van der Waals surface area contributed by atoms with Gasteiger partial charge in [-0.05, 0) is 20.5 Å². The van der Waals surface area contributed by atoms with Crippen LogP contribution in [0, 0.1) is 0 Å². The van der Waals surface area contributed by atoms with Crippen LogP contribution >= 0.6 is 11.8 Å². The van der Waals surface area contributed by atoms with Crippen molar-refractivity contribution in [2.75, 3.05) is 40.1 Å². The zero-order chi connectivity index (χ0) is 14.1. The number of nitrogens with zero attached hydrogens (tertiary/aromatic N) is 3. The smallest absolute Gasteiger partial charge is 0.277 e. The molecule has 0 saturated heterocycles. The molecule has 19 heavy (non-hydrogen) atoms. The first-order valence-electron chi connectivity index (χ1n) is 5.97. The first kappa shape index (κ1) is 15.9. The van der Waals surface area contributed by atoms with Gasteiger partial charge in [0.15, 0.2) is 0 Å². The lowest BCUT2D eigenvalue weighted by atomic mass is 10.4. The van der Waals surface area contributed by atoms with Crippen LogP contribution < -0.4 is 5.32 Å². The van der Waals surface area contributed by atoms with Gasteiger partial charge in [-0.1, -0.05) is 11.8 Å². The highest BCUT2D eigenvalue weighted by Gasteiger charge is 2.09. The number of thioether (sulfide) groups is 1. The van der Waals surface area contributed by atoms with Gasteiger partial charge in [0.2, 0.25) is 11.8 Å². The van der Waals surface area contributed by atoms with Crippen molar-refractivity contribution in [1.82, 2.24) is 20.4 Å². The molecule has 7 nitrogen and oxygen atoms in total. The predicted octanol–water partition coefficient (Wildman–Crippen LogP) is 0.376. The molecule has 1 N–H and O–H groups in total. The molecule has 0 spiro atoms. The lowest BCUT2D eigenvalue weighted by Crippen LogP contribution is -2.26. The first-order chi connectivity index (χ1) is 9.11. The average molecular weight is 288 g/mol. The van der Waals surface area contributed by atoms with Gasteiger partial charge in [-0.25, -0.2) is 0 Å². The first-order valence-corrected chi connectivity index (χ1v) is 6.96. The predicted molar refractivity (Wildman–Crippen MR) is 71.9 cm³/mol. The Kier molecular flexibility index (Phi) is 7.46. The van der Waals surface area contributed by atoms with Crippen LogP contribution in [0.3, 0.4) is 0 Å². The minimum Gasteiger partial charge on any atom is -0.415 e. The van der Waals surface area contributed by atoms with Gasteiger partial charge in [-0.2, -0.15) is 0 Å². The number of hydrogen-bond donors (Lipinski definition) is 1. The second kappa shape index (κ2) is 8.89. The number of hydrogen-bond acceptors (Lipinski definition) is 7. The van der Waals surface area contributed by atoms with Crippen LogP contribution in [-0.4, -0.2) is 61.1 Å². The van der Waals surface area contributed by atoms with Gasteiger partial charge in [0.1, 0.15) is 0 Å². The Morgan fingerprint density at radius 2 is 2.26 bits per heavy atom. The number of amides is 1. The highest BCUT2D eigenvalue weighted by molar-refractivity contribution is 7.99. The van der Waals surface area contributed by atoms with Gasteiger partial charge in [0.05, 0.1) is 12.3 Å². The number of carbonyl (C=O) groups is 1. The van der Waals surface area contributed by atoms with Crippen LogP contribution in [0.15, 0.2) is 9.64 Å². The fourth-order valence-corrected chi connectivity index (χ4v) is 1.86. The largest absolute Gasteiger partial charge is 0.415 e. The summed E-state index contributed by atoms with van der Waals surface area (Å²) in [4.78, 5) is 13.4. The maximum Gasteiger partial charge on any atom is 0.277 e. The monoisotopic (exact) mass is 288 g/mol. The van der Waals surface area contributed by atoms with Crippen LogP contribution in [0.4, 0.5) is 0 Å². The third-order valence-electron chi connectivity index (χ3n) is 2.07. The van der Waals surface area contributed by atoms with Crippen LogP contribution in [0.5, 0.6) is 0 Å². The Balaban J connectivity index is 2.20. The van der Waals surface area contributed by atoms with Crippen molar-refractivity contribution in [1.29, 1.82) is 0 Å². The van der Waals surface area contributed by atoms with Crippen molar-refractivity contribution >= 4 is 17.7 Å². The summed E-state index contributed by atoms with van der Waals surface area (Å²) in [7, 11) is 5.48. The Morgan fingerprint density at radius 3 is 2.95 bits per heavy atom. The molecule has 8 heteroatoms. The van der Waals surface area contributed by atoms with Crippen molar-refractivity contribution in [2.24, 2.45) is 0 Å². The van der Waals surface area contributed by atoms with Crippen molar-refractivity contribution in [3.8, 4) is 0 Å². The molecule has 1 aromatic heterocycles. The minimum atomic E-state index is -0.0477. The summed E-state index contributed by atoms with van der Waals surface area (Å²) in [6.07, 6.45) is 0.806. The molecule has 1 heterocycles. The van der Waals surface area contributed by atoms with Gasteiger partial charge < -0.3 is 19.4 Å². The number of ether oxygens (including phenoxy) is 1. The van der Waals surface area contributed by atoms with E-state index in [9.17, 15) is 4.79 Å². The van der Waals surface area contributed by atoms with Gasteiger partial charge >= 0.3 is 0 Å². The standard InChI is InChI=1S/C11H20N4O3S/c1-15(2)7-10-13-14-11(18-10)19-8-9(16)12-5-4-6-17-3/h4-8H2,1-3H3,(H,12,16). The molecule has 0 bridgehead atoms. The SMILES string of the molecule is COCCCNC(=O)CSc1nnc(CN(C)C)o1. The molecular formula is C11H20N4O3S. The summed E-state index contributed by atoms with van der Waals surface area (Å²) in [5, 5.41) is 11.0. The molecule has 0 aliphatic rings. The second-order valence-electron chi connectivity index (χ2n) is 4.18. The topological polar surface area (TPSA) is 80.5 Å². The Bertz CT molecular complexity index is 384. The van der Waals surface area contributed by atoms with E-state index in [1.807, 2.05) is 19.0 Å². The van der Waals surface area contributed by atoms with E-state index in [-0.39, 0.29) is 11.7 Å². The molecule has 0 aliphatic heterocycles. The van der Waals surface area contributed by atoms with E-state index in [0.717, 1.165) is 6.42 Å². The summed E-state index contributed by atoms with van der Waals surface area (Å²) in [6.45, 7) is 1.85. The summed E-state index contributed by atoms with van der Waals surface area (Å²) in [5.41, 5.74) is 0. The van der Waals surface area contributed by atoms with Crippen LogP contribution in [-0.2, 0) is 16.1 Å². The van der Waals surface area contributed by atoms with Crippen molar-refractivity contribution in [3.63, 3.8) is 0 Å². The molecule has 1 amide bonds. The van der Waals surface area contributed by atoms with Gasteiger partial charge in [0, 0.05) is 20.3 Å². The van der Waals surface area contributed by atoms with E-state index in [4.69, 9.17) is 9.15 Å². The molecule has 1 rings (SSSR count). The summed E-state index contributed by atoms with van der Waals surface area (Å²) in [6, 6.07) is 0. The van der Waals surface area contributed by atoms with E-state index >= 15 is 0 Å². The Hall–Kier alpha value is -1.12. The highest BCUT2D eigenvalue weighted by atomic mass is 32.2. The highest BCUT2D eigenvalue weighted by Crippen LogP contribution is 2.15. The lowest BCUT2D eigenvalue weighted by Gasteiger charge is -2.04. The molecule has 0 atom stereocenters. The molecule has 0 fully saturated rings. The minimum absolute atomic E-state index is 0.0477. The normalized spacial score (nSPS) is 10.9. The van der Waals surface area contributed by atoms with E-state index in [0.29, 0.717) is 30.8 Å². The summed E-state index contributed by atoms with van der Waals surface area (Å²) >= 11 is 1.24. The second-order valence-corrected chi connectivity index (χ2v) is 5.11. The van der Waals surface area contributed by atoms with Crippen molar-refractivity contribution in [2.45, 2.75) is 18.2 Å². The van der Waals surface area contributed by atoms with Crippen molar-refractivity contribution < 1.29 is 13.9 Å². The third-order valence-corrected chi connectivity index (χ3v) is 2.89. The van der Waals surface area contributed by atoms with E-state index in [2.05, 4.69) is 15.5 Å². The Labute approximate surface area is 117 Å². The average Bonchev–Trinajstić information content (AvgIpc) is 2.79. The number of methoxy groups -OCH3 is 1. The van der Waals surface area contributed by atoms with Gasteiger partial charge in [-0.15, -0.1) is 10.2 Å². The lowest BCUT2D eigenvalue weighted by molar-refractivity contribution is -0.118. The quantitative estimate of drug-likeness (QED) is 0.519. The maximum atomic E-state index is 11.5. The summed E-state index contributed by atoms with van der Waals surface area (Å²) < 4.78 is 10.3. The zero-order valence-corrected chi connectivity index (χ0v) is 12.3. The maximum absolute atomic E-state index is 11.5. The van der Waals surface area contributed by atoms with Gasteiger partial charge in [0.25, 0.3) is 5.22 Å². The van der Waals surface area contributed by atoms with E-state index < -0.39 is 0 Å². The number of carbonyl (C=O) groups excluding carboxylic acids is 1. The molecule has 0 radical (unpaired) electrons.